The standard InChI is InChI=1S/C15H19N3O4S/c1-11-5-4-6-13(7-11)9-16-15(19)10-18(23(3,20)21)14-8-12(2)22-17-14/h4-8H,9-10H2,1-3H3,(H,16,19). The minimum absolute atomic E-state index is 0.0932. The summed E-state index contributed by atoms with van der Waals surface area (Å²) in [6.07, 6.45) is 1.02. The van der Waals surface area contributed by atoms with Crippen LogP contribution in [0.25, 0.3) is 0 Å². The molecule has 23 heavy (non-hydrogen) atoms. The molecule has 1 amide bonds. The molecule has 0 saturated carbocycles. The fourth-order valence-corrected chi connectivity index (χ4v) is 2.83. The van der Waals surface area contributed by atoms with Crippen molar-refractivity contribution in [2.24, 2.45) is 0 Å². The van der Waals surface area contributed by atoms with Crippen molar-refractivity contribution in [2.45, 2.75) is 20.4 Å². The van der Waals surface area contributed by atoms with Crippen molar-refractivity contribution in [3.63, 3.8) is 0 Å². The molecule has 0 bridgehead atoms. The van der Waals surface area contributed by atoms with Crippen LogP contribution >= 0.6 is 0 Å². The third-order valence-corrected chi connectivity index (χ3v) is 4.25. The number of hydrogen-bond acceptors (Lipinski definition) is 5. The van der Waals surface area contributed by atoms with Crippen LogP contribution in [-0.2, 0) is 21.4 Å². The lowest BCUT2D eigenvalue weighted by Crippen LogP contribution is -2.40. The van der Waals surface area contributed by atoms with Crippen molar-refractivity contribution in [1.82, 2.24) is 10.5 Å². The molecule has 0 fully saturated rings. The van der Waals surface area contributed by atoms with Crippen molar-refractivity contribution in [1.29, 1.82) is 0 Å². The molecule has 1 aromatic heterocycles. The second-order valence-corrected chi connectivity index (χ2v) is 7.24. The summed E-state index contributed by atoms with van der Waals surface area (Å²) < 4.78 is 29.5. The largest absolute Gasteiger partial charge is 0.360 e. The summed E-state index contributed by atoms with van der Waals surface area (Å²) in [6, 6.07) is 9.18. The van der Waals surface area contributed by atoms with Gasteiger partial charge in [-0.15, -0.1) is 0 Å². The van der Waals surface area contributed by atoms with Crippen molar-refractivity contribution in [3.8, 4) is 0 Å². The molecular formula is C15H19N3O4S. The van der Waals surface area contributed by atoms with Gasteiger partial charge in [0.25, 0.3) is 0 Å². The topological polar surface area (TPSA) is 92.5 Å². The molecule has 2 aromatic rings. The molecule has 2 rings (SSSR count). The van der Waals surface area contributed by atoms with E-state index in [1.54, 1.807) is 6.92 Å². The minimum atomic E-state index is -3.64. The Bertz CT molecular complexity index is 799. The Labute approximate surface area is 135 Å². The van der Waals surface area contributed by atoms with Gasteiger partial charge >= 0.3 is 0 Å². The first-order valence-electron chi connectivity index (χ1n) is 6.99. The number of benzene rings is 1. The maximum atomic E-state index is 12.1. The number of sulfonamides is 1. The second kappa shape index (κ2) is 6.82. The van der Waals surface area contributed by atoms with E-state index in [0.29, 0.717) is 12.3 Å². The lowest BCUT2D eigenvalue weighted by molar-refractivity contribution is -0.119. The highest BCUT2D eigenvalue weighted by Gasteiger charge is 2.23. The smallest absolute Gasteiger partial charge is 0.241 e. The van der Waals surface area contributed by atoms with Crippen LogP contribution in [0, 0.1) is 13.8 Å². The average Bonchev–Trinajstić information content (AvgIpc) is 2.87. The van der Waals surface area contributed by atoms with E-state index in [-0.39, 0.29) is 12.4 Å². The molecule has 0 atom stereocenters. The van der Waals surface area contributed by atoms with E-state index >= 15 is 0 Å². The maximum absolute atomic E-state index is 12.1. The quantitative estimate of drug-likeness (QED) is 0.859. The van der Waals surface area contributed by atoms with Crippen LogP contribution in [0.3, 0.4) is 0 Å². The van der Waals surface area contributed by atoms with Gasteiger partial charge in [-0.25, -0.2) is 12.7 Å². The second-order valence-electron chi connectivity index (χ2n) is 5.33. The third kappa shape index (κ3) is 4.82. The molecule has 0 aliphatic rings. The molecule has 7 nitrogen and oxygen atoms in total. The Morgan fingerprint density at radius 3 is 2.61 bits per heavy atom. The molecular weight excluding hydrogens is 318 g/mol. The first-order valence-corrected chi connectivity index (χ1v) is 8.84. The summed E-state index contributed by atoms with van der Waals surface area (Å²) in [5.41, 5.74) is 2.04. The van der Waals surface area contributed by atoms with Crippen LogP contribution in [0.1, 0.15) is 16.9 Å². The molecule has 0 aliphatic heterocycles. The van der Waals surface area contributed by atoms with Gasteiger partial charge in [0, 0.05) is 12.6 Å². The number of nitrogens with zero attached hydrogens (tertiary/aromatic N) is 2. The monoisotopic (exact) mass is 337 g/mol. The predicted octanol–water partition coefficient (Wildman–Crippen LogP) is 1.37. The van der Waals surface area contributed by atoms with Crippen LogP contribution in [-0.4, -0.2) is 32.3 Å². The number of hydrogen-bond donors (Lipinski definition) is 1. The van der Waals surface area contributed by atoms with Gasteiger partial charge in [0.05, 0.1) is 6.26 Å². The fraction of sp³-hybridized carbons (Fsp3) is 0.333. The normalized spacial score (nSPS) is 11.3. The highest BCUT2D eigenvalue weighted by Crippen LogP contribution is 2.16. The molecule has 0 aliphatic carbocycles. The first-order chi connectivity index (χ1) is 10.8. The highest BCUT2D eigenvalue weighted by molar-refractivity contribution is 7.92. The maximum Gasteiger partial charge on any atom is 0.241 e. The molecule has 124 valence electrons. The van der Waals surface area contributed by atoms with E-state index in [1.165, 1.54) is 6.07 Å². The zero-order valence-corrected chi connectivity index (χ0v) is 14.1. The van der Waals surface area contributed by atoms with Crippen molar-refractivity contribution < 1.29 is 17.7 Å². The zero-order chi connectivity index (χ0) is 17.0. The highest BCUT2D eigenvalue weighted by atomic mass is 32.2. The van der Waals surface area contributed by atoms with Crippen LogP contribution in [0.2, 0.25) is 0 Å². The average molecular weight is 337 g/mol. The molecule has 1 aromatic carbocycles. The van der Waals surface area contributed by atoms with Gasteiger partial charge in [-0.05, 0) is 19.4 Å². The molecule has 0 spiro atoms. The van der Waals surface area contributed by atoms with Gasteiger partial charge in [0.15, 0.2) is 5.82 Å². The van der Waals surface area contributed by atoms with E-state index in [2.05, 4.69) is 10.5 Å². The first kappa shape index (κ1) is 17.0. The van der Waals surface area contributed by atoms with Gasteiger partial charge in [-0.3, -0.25) is 4.79 Å². The summed E-state index contributed by atoms with van der Waals surface area (Å²) in [4.78, 5) is 12.1. The van der Waals surface area contributed by atoms with Crippen LogP contribution in [0.4, 0.5) is 5.82 Å². The molecule has 8 heteroatoms. The van der Waals surface area contributed by atoms with Gasteiger partial charge in [0.2, 0.25) is 15.9 Å². The fourth-order valence-electron chi connectivity index (χ4n) is 2.05. The van der Waals surface area contributed by atoms with E-state index in [0.717, 1.165) is 21.7 Å². The van der Waals surface area contributed by atoms with Crippen molar-refractivity contribution in [2.75, 3.05) is 17.1 Å². The summed E-state index contributed by atoms with van der Waals surface area (Å²) in [5, 5.41) is 6.36. The molecule has 0 saturated heterocycles. The Morgan fingerprint density at radius 2 is 2.04 bits per heavy atom. The Morgan fingerprint density at radius 1 is 1.30 bits per heavy atom. The Balaban J connectivity index is 2.04. The predicted molar refractivity (Wildman–Crippen MR) is 86.5 cm³/mol. The number of rotatable bonds is 6. The Hall–Kier alpha value is -2.35. The van der Waals surface area contributed by atoms with Gasteiger partial charge < -0.3 is 9.84 Å². The molecule has 0 radical (unpaired) electrons. The summed E-state index contributed by atoms with van der Waals surface area (Å²) in [6.45, 7) is 3.59. The van der Waals surface area contributed by atoms with Crippen LogP contribution < -0.4 is 9.62 Å². The van der Waals surface area contributed by atoms with Crippen molar-refractivity contribution in [3.05, 3.63) is 47.2 Å². The van der Waals surface area contributed by atoms with Gasteiger partial charge in [-0.1, -0.05) is 35.0 Å². The van der Waals surface area contributed by atoms with Crippen LogP contribution in [0.15, 0.2) is 34.9 Å². The van der Waals surface area contributed by atoms with E-state index in [9.17, 15) is 13.2 Å². The van der Waals surface area contributed by atoms with Gasteiger partial charge in [0.1, 0.15) is 12.3 Å². The zero-order valence-electron chi connectivity index (χ0n) is 13.2. The number of amides is 1. The van der Waals surface area contributed by atoms with E-state index in [4.69, 9.17) is 4.52 Å². The number of aromatic nitrogens is 1. The lowest BCUT2D eigenvalue weighted by atomic mass is 10.1. The number of carbonyl (C=O) groups is 1. The minimum Gasteiger partial charge on any atom is -0.360 e. The van der Waals surface area contributed by atoms with Crippen molar-refractivity contribution >= 4 is 21.7 Å². The SMILES string of the molecule is Cc1cccc(CNC(=O)CN(c2cc(C)on2)S(C)(=O)=O)c1. The lowest BCUT2D eigenvalue weighted by Gasteiger charge is -2.18. The molecule has 0 unspecified atom stereocenters. The van der Waals surface area contributed by atoms with E-state index < -0.39 is 15.9 Å². The number of aryl methyl sites for hydroxylation is 2. The number of anilines is 1. The third-order valence-electron chi connectivity index (χ3n) is 3.13. The summed E-state index contributed by atoms with van der Waals surface area (Å²) in [7, 11) is -3.64. The van der Waals surface area contributed by atoms with Gasteiger partial charge in [-0.2, -0.15) is 0 Å². The van der Waals surface area contributed by atoms with Crippen LogP contribution in [0.5, 0.6) is 0 Å². The number of nitrogens with one attached hydrogen (secondary N) is 1. The van der Waals surface area contributed by atoms with E-state index in [1.807, 2.05) is 31.2 Å². The summed E-state index contributed by atoms with van der Waals surface area (Å²) in [5.74, 6) is 0.141. The number of carbonyl (C=O) groups excluding carboxylic acids is 1. The molecule has 1 heterocycles. The Kier molecular flexibility index (Phi) is 5.05. The summed E-state index contributed by atoms with van der Waals surface area (Å²) >= 11 is 0. The molecule has 1 N–H and O–H groups in total.